The summed E-state index contributed by atoms with van der Waals surface area (Å²) in [5.41, 5.74) is 0.856. The van der Waals surface area contributed by atoms with Gasteiger partial charge in [-0.05, 0) is 25.0 Å². The summed E-state index contributed by atoms with van der Waals surface area (Å²) in [6.07, 6.45) is 0. The number of rotatable bonds is 5. The highest BCUT2D eigenvalue weighted by Crippen LogP contribution is 2.21. The van der Waals surface area contributed by atoms with Crippen molar-refractivity contribution in [2.24, 2.45) is 5.92 Å². The van der Waals surface area contributed by atoms with Crippen molar-refractivity contribution in [3.63, 3.8) is 0 Å². The Labute approximate surface area is 128 Å². The van der Waals surface area contributed by atoms with Crippen molar-refractivity contribution < 1.29 is 19.1 Å². The predicted molar refractivity (Wildman–Crippen MR) is 80.4 cm³/mol. The van der Waals surface area contributed by atoms with Crippen molar-refractivity contribution in [3.05, 3.63) is 41.8 Å². The van der Waals surface area contributed by atoms with E-state index in [9.17, 15) is 9.59 Å². The lowest BCUT2D eigenvalue weighted by atomic mass is 10.0. The maximum absolute atomic E-state index is 12.2. The summed E-state index contributed by atoms with van der Waals surface area (Å²) in [4.78, 5) is 27.6. The van der Waals surface area contributed by atoms with Crippen LogP contribution >= 0.6 is 0 Å². The van der Waals surface area contributed by atoms with E-state index in [2.05, 4.69) is 10.3 Å². The van der Waals surface area contributed by atoms with Crippen LogP contribution in [0.1, 0.15) is 30.1 Å². The van der Waals surface area contributed by atoms with Crippen molar-refractivity contribution in [1.82, 2.24) is 10.3 Å². The average Bonchev–Trinajstić information content (AvgIpc) is 2.87. The van der Waals surface area contributed by atoms with Gasteiger partial charge in [0.05, 0.1) is 0 Å². The molecule has 0 aliphatic rings. The van der Waals surface area contributed by atoms with E-state index in [-0.39, 0.29) is 11.6 Å². The number of nitrogens with zero attached hydrogens (tertiary/aromatic N) is 1. The molecule has 6 nitrogen and oxygen atoms in total. The molecule has 0 aliphatic carbocycles. The first-order valence-electron chi connectivity index (χ1n) is 6.96. The Balaban J connectivity index is 2.24. The number of oxazole rings is 1. The highest BCUT2D eigenvalue weighted by Gasteiger charge is 2.26. The van der Waals surface area contributed by atoms with E-state index in [0.29, 0.717) is 11.7 Å². The SMILES string of the molecule is Cc1oc(-c2ccccc2)nc1C(=O)N[C@@H](C(=O)O)C(C)C. The Morgan fingerprint density at radius 3 is 2.41 bits per heavy atom. The van der Waals surface area contributed by atoms with Gasteiger partial charge in [-0.3, -0.25) is 4.79 Å². The molecule has 2 aromatic rings. The first kappa shape index (κ1) is 15.8. The zero-order chi connectivity index (χ0) is 16.3. The molecular formula is C16H18N2O4. The lowest BCUT2D eigenvalue weighted by Crippen LogP contribution is -2.44. The number of carbonyl (C=O) groups excluding carboxylic acids is 1. The lowest BCUT2D eigenvalue weighted by molar-refractivity contribution is -0.140. The van der Waals surface area contributed by atoms with E-state index < -0.39 is 17.9 Å². The number of nitrogens with one attached hydrogen (secondary N) is 1. The molecule has 6 heteroatoms. The number of hydrogen-bond donors (Lipinski definition) is 2. The van der Waals surface area contributed by atoms with Gasteiger partial charge in [0.15, 0.2) is 5.69 Å². The number of benzene rings is 1. The molecule has 116 valence electrons. The van der Waals surface area contributed by atoms with Gasteiger partial charge < -0.3 is 14.8 Å². The van der Waals surface area contributed by atoms with E-state index in [1.165, 1.54) is 0 Å². The van der Waals surface area contributed by atoms with E-state index >= 15 is 0 Å². The molecule has 1 aromatic heterocycles. The number of aliphatic carboxylic acids is 1. The third-order valence-corrected chi connectivity index (χ3v) is 3.25. The second-order valence-corrected chi connectivity index (χ2v) is 5.32. The Bertz CT molecular complexity index is 677. The van der Waals surface area contributed by atoms with Crippen LogP contribution in [0.2, 0.25) is 0 Å². The number of aromatic nitrogens is 1. The van der Waals surface area contributed by atoms with E-state index in [1.807, 2.05) is 30.3 Å². The summed E-state index contributed by atoms with van der Waals surface area (Å²) in [5, 5.41) is 11.6. The fourth-order valence-electron chi connectivity index (χ4n) is 2.03. The van der Waals surface area contributed by atoms with Crippen molar-refractivity contribution in [2.75, 3.05) is 0 Å². The van der Waals surface area contributed by atoms with Crippen LogP contribution in [0.15, 0.2) is 34.7 Å². The lowest BCUT2D eigenvalue weighted by Gasteiger charge is -2.17. The van der Waals surface area contributed by atoms with Gasteiger partial charge in [-0.15, -0.1) is 0 Å². The molecule has 2 rings (SSSR count). The number of carbonyl (C=O) groups is 2. The van der Waals surface area contributed by atoms with Crippen molar-refractivity contribution in [2.45, 2.75) is 26.8 Å². The summed E-state index contributed by atoms with van der Waals surface area (Å²) < 4.78 is 5.50. The summed E-state index contributed by atoms with van der Waals surface area (Å²) in [5.74, 6) is -1.18. The largest absolute Gasteiger partial charge is 0.480 e. The minimum atomic E-state index is -1.08. The van der Waals surface area contributed by atoms with Crippen molar-refractivity contribution >= 4 is 11.9 Å². The normalized spacial score (nSPS) is 12.2. The van der Waals surface area contributed by atoms with E-state index in [0.717, 1.165) is 5.56 Å². The summed E-state index contributed by atoms with van der Waals surface area (Å²) in [7, 11) is 0. The van der Waals surface area contributed by atoms with Crippen LogP contribution < -0.4 is 5.32 Å². The van der Waals surface area contributed by atoms with Crippen LogP contribution in [-0.2, 0) is 4.79 Å². The van der Waals surface area contributed by atoms with Crippen molar-refractivity contribution in [1.29, 1.82) is 0 Å². The van der Waals surface area contributed by atoms with Crippen LogP contribution in [0.25, 0.3) is 11.5 Å². The van der Waals surface area contributed by atoms with Gasteiger partial charge in [-0.1, -0.05) is 32.0 Å². The number of carboxylic acid groups (broad SMARTS) is 1. The number of hydrogen-bond acceptors (Lipinski definition) is 4. The summed E-state index contributed by atoms with van der Waals surface area (Å²) >= 11 is 0. The van der Waals surface area contributed by atoms with Gasteiger partial charge in [-0.2, -0.15) is 0 Å². The predicted octanol–water partition coefficient (Wildman–Crippen LogP) is 2.49. The molecule has 0 bridgehead atoms. The molecule has 0 unspecified atom stereocenters. The third kappa shape index (κ3) is 3.33. The maximum Gasteiger partial charge on any atom is 0.326 e. The molecule has 0 fully saturated rings. The van der Waals surface area contributed by atoms with Crippen LogP contribution in [-0.4, -0.2) is 28.0 Å². The van der Waals surface area contributed by atoms with Gasteiger partial charge in [-0.25, -0.2) is 9.78 Å². The molecule has 2 N–H and O–H groups in total. The molecule has 0 saturated carbocycles. The smallest absolute Gasteiger partial charge is 0.326 e. The topological polar surface area (TPSA) is 92.4 Å². The van der Waals surface area contributed by atoms with E-state index in [1.54, 1.807) is 20.8 Å². The first-order chi connectivity index (χ1) is 10.4. The Morgan fingerprint density at radius 1 is 1.23 bits per heavy atom. The minimum Gasteiger partial charge on any atom is -0.480 e. The van der Waals surface area contributed by atoms with Gasteiger partial charge in [0.25, 0.3) is 5.91 Å². The molecular weight excluding hydrogens is 284 g/mol. The molecule has 1 amide bonds. The fourth-order valence-corrected chi connectivity index (χ4v) is 2.03. The van der Waals surface area contributed by atoms with Crippen molar-refractivity contribution in [3.8, 4) is 11.5 Å². The standard InChI is InChI=1S/C16H18N2O4/c1-9(2)12(16(20)21)17-14(19)13-10(3)22-15(18-13)11-7-5-4-6-8-11/h4-9,12H,1-3H3,(H,17,19)(H,20,21)/t12-/m1/s1. The van der Waals surface area contributed by atoms with Crippen LogP contribution in [0.5, 0.6) is 0 Å². The monoisotopic (exact) mass is 302 g/mol. The first-order valence-corrected chi connectivity index (χ1v) is 6.96. The Kier molecular flexibility index (Phi) is 4.60. The third-order valence-electron chi connectivity index (χ3n) is 3.25. The average molecular weight is 302 g/mol. The number of carboxylic acids is 1. The van der Waals surface area contributed by atoms with Crippen LogP contribution in [0.4, 0.5) is 0 Å². The van der Waals surface area contributed by atoms with Gasteiger partial charge in [0.2, 0.25) is 5.89 Å². The van der Waals surface area contributed by atoms with Crippen LogP contribution in [0, 0.1) is 12.8 Å². The Morgan fingerprint density at radius 2 is 1.86 bits per heavy atom. The fraction of sp³-hybridized carbons (Fsp3) is 0.312. The van der Waals surface area contributed by atoms with E-state index in [4.69, 9.17) is 9.52 Å². The Hall–Kier alpha value is -2.63. The second kappa shape index (κ2) is 6.43. The molecule has 22 heavy (non-hydrogen) atoms. The molecule has 0 spiro atoms. The molecule has 0 saturated heterocycles. The minimum absolute atomic E-state index is 0.103. The molecule has 0 radical (unpaired) electrons. The zero-order valence-electron chi connectivity index (χ0n) is 12.7. The number of aryl methyl sites for hydroxylation is 1. The maximum atomic E-state index is 12.2. The quantitative estimate of drug-likeness (QED) is 0.885. The highest BCUT2D eigenvalue weighted by molar-refractivity contribution is 5.96. The highest BCUT2D eigenvalue weighted by atomic mass is 16.4. The van der Waals surface area contributed by atoms with Gasteiger partial charge in [0, 0.05) is 5.56 Å². The summed E-state index contributed by atoms with van der Waals surface area (Å²) in [6.45, 7) is 5.08. The number of amides is 1. The van der Waals surface area contributed by atoms with Gasteiger partial charge >= 0.3 is 5.97 Å². The zero-order valence-corrected chi connectivity index (χ0v) is 12.7. The molecule has 1 atom stereocenters. The molecule has 1 aromatic carbocycles. The second-order valence-electron chi connectivity index (χ2n) is 5.32. The molecule has 0 aliphatic heterocycles. The van der Waals surface area contributed by atoms with Gasteiger partial charge in [0.1, 0.15) is 11.8 Å². The molecule has 1 heterocycles. The summed E-state index contributed by atoms with van der Waals surface area (Å²) in [6, 6.07) is 8.22. The van der Waals surface area contributed by atoms with Crippen LogP contribution in [0.3, 0.4) is 0 Å².